The third-order valence-electron chi connectivity index (χ3n) is 3.01. The van der Waals surface area contributed by atoms with Gasteiger partial charge in [0.2, 0.25) is 0 Å². The van der Waals surface area contributed by atoms with E-state index in [1.165, 1.54) is 5.56 Å². The Morgan fingerprint density at radius 3 is 2.60 bits per heavy atom. The number of rotatable bonds is 3. The van der Waals surface area contributed by atoms with Crippen LogP contribution < -0.4 is 4.74 Å². The molecule has 0 bridgehead atoms. The van der Waals surface area contributed by atoms with E-state index >= 15 is 0 Å². The summed E-state index contributed by atoms with van der Waals surface area (Å²) in [5, 5.41) is 0. The molecule has 4 heteroatoms. The van der Waals surface area contributed by atoms with Crippen molar-refractivity contribution >= 4 is 44.5 Å². The van der Waals surface area contributed by atoms with Gasteiger partial charge < -0.3 is 4.74 Å². The van der Waals surface area contributed by atoms with Gasteiger partial charge >= 0.3 is 5.97 Å². The number of hydrogen-bond acceptors (Lipinski definition) is 2. The van der Waals surface area contributed by atoms with Crippen molar-refractivity contribution in [2.24, 2.45) is 0 Å². The van der Waals surface area contributed by atoms with Gasteiger partial charge in [0.25, 0.3) is 0 Å². The fourth-order valence-electron chi connectivity index (χ4n) is 1.73. The lowest BCUT2D eigenvalue weighted by Crippen LogP contribution is -2.09. The first-order valence-electron chi connectivity index (χ1n) is 6.28. The Balaban J connectivity index is 2.21. The van der Waals surface area contributed by atoms with Crippen LogP contribution in [0.2, 0.25) is 0 Å². The summed E-state index contributed by atoms with van der Waals surface area (Å²) in [7, 11) is 0. The zero-order valence-electron chi connectivity index (χ0n) is 11.2. The monoisotopic (exact) mass is 444 g/mol. The van der Waals surface area contributed by atoms with Gasteiger partial charge in [0.15, 0.2) is 0 Å². The average molecular weight is 445 g/mol. The Morgan fingerprint density at radius 2 is 2.00 bits per heavy atom. The summed E-state index contributed by atoms with van der Waals surface area (Å²) in [5.74, 6) is 0.204. The van der Waals surface area contributed by atoms with Crippen LogP contribution in [0.15, 0.2) is 40.9 Å². The molecule has 2 rings (SSSR count). The highest BCUT2D eigenvalue weighted by atomic mass is 127. The van der Waals surface area contributed by atoms with Gasteiger partial charge in [-0.25, -0.2) is 4.79 Å². The van der Waals surface area contributed by atoms with E-state index in [0.717, 1.165) is 20.0 Å². The van der Waals surface area contributed by atoms with E-state index in [9.17, 15) is 4.79 Å². The Hall–Kier alpha value is -0.880. The van der Waals surface area contributed by atoms with Crippen molar-refractivity contribution in [3.63, 3.8) is 0 Å². The molecule has 0 unspecified atom stereocenters. The highest BCUT2D eigenvalue weighted by Crippen LogP contribution is 2.27. The molecule has 0 N–H and O–H groups in total. The first kappa shape index (κ1) is 15.5. The summed E-state index contributed by atoms with van der Waals surface area (Å²) >= 11 is 5.65. The summed E-state index contributed by atoms with van der Waals surface area (Å²) in [5.41, 5.74) is 2.91. The SMILES string of the molecule is CCc1ccc(OC(=O)c2ccc(C)c(I)c2)c(Br)c1. The molecular formula is C16H14BrIO2. The lowest BCUT2D eigenvalue weighted by molar-refractivity contribution is 0.0733. The van der Waals surface area contributed by atoms with Crippen molar-refractivity contribution < 1.29 is 9.53 Å². The van der Waals surface area contributed by atoms with Crippen molar-refractivity contribution in [1.29, 1.82) is 0 Å². The Kier molecular flexibility index (Phi) is 5.21. The second-order valence-electron chi connectivity index (χ2n) is 4.47. The zero-order chi connectivity index (χ0) is 14.7. The van der Waals surface area contributed by atoms with Crippen LogP contribution in [0.4, 0.5) is 0 Å². The topological polar surface area (TPSA) is 26.3 Å². The van der Waals surface area contributed by atoms with Crippen LogP contribution in [0, 0.1) is 10.5 Å². The first-order chi connectivity index (χ1) is 9.51. The van der Waals surface area contributed by atoms with Crippen LogP contribution in [0.5, 0.6) is 5.75 Å². The molecule has 0 aliphatic heterocycles. The Labute approximate surface area is 140 Å². The zero-order valence-corrected chi connectivity index (χ0v) is 15.0. The second-order valence-corrected chi connectivity index (χ2v) is 6.49. The van der Waals surface area contributed by atoms with E-state index in [-0.39, 0.29) is 5.97 Å². The number of carbonyl (C=O) groups is 1. The minimum atomic E-state index is -0.340. The maximum Gasteiger partial charge on any atom is 0.343 e. The number of aryl methyl sites for hydroxylation is 2. The molecule has 0 saturated carbocycles. The number of carbonyl (C=O) groups excluding carboxylic acids is 1. The van der Waals surface area contributed by atoms with Crippen molar-refractivity contribution in [2.75, 3.05) is 0 Å². The Morgan fingerprint density at radius 1 is 1.25 bits per heavy atom. The molecule has 0 aromatic heterocycles. The maximum atomic E-state index is 12.1. The van der Waals surface area contributed by atoms with Gasteiger partial charge in [-0.1, -0.05) is 19.1 Å². The van der Waals surface area contributed by atoms with Crippen molar-refractivity contribution in [2.45, 2.75) is 20.3 Å². The van der Waals surface area contributed by atoms with Crippen LogP contribution in [0.3, 0.4) is 0 Å². The predicted molar refractivity (Wildman–Crippen MR) is 92.4 cm³/mol. The molecule has 0 fully saturated rings. The van der Waals surface area contributed by atoms with E-state index in [0.29, 0.717) is 11.3 Å². The van der Waals surface area contributed by atoms with E-state index in [1.54, 1.807) is 6.07 Å². The minimum absolute atomic E-state index is 0.340. The molecule has 20 heavy (non-hydrogen) atoms. The molecule has 2 aromatic carbocycles. The lowest BCUT2D eigenvalue weighted by Gasteiger charge is -2.08. The number of halogens is 2. The molecule has 0 spiro atoms. The van der Waals surface area contributed by atoms with E-state index in [2.05, 4.69) is 45.4 Å². The molecule has 0 heterocycles. The highest BCUT2D eigenvalue weighted by Gasteiger charge is 2.12. The fourth-order valence-corrected chi connectivity index (χ4v) is 2.75. The van der Waals surface area contributed by atoms with Crippen molar-refractivity contribution in [3.05, 3.63) is 61.1 Å². The summed E-state index contributed by atoms with van der Waals surface area (Å²) in [4.78, 5) is 12.1. The van der Waals surface area contributed by atoms with Gasteiger partial charge in [-0.15, -0.1) is 0 Å². The molecule has 0 aliphatic rings. The molecule has 0 radical (unpaired) electrons. The van der Waals surface area contributed by atoms with Gasteiger partial charge in [-0.05, 0) is 87.3 Å². The van der Waals surface area contributed by atoms with Crippen LogP contribution in [-0.4, -0.2) is 5.97 Å². The molecule has 2 nitrogen and oxygen atoms in total. The van der Waals surface area contributed by atoms with Crippen LogP contribution in [0.1, 0.15) is 28.4 Å². The van der Waals surface area contributed by atoms with E-state index < -0.39 is 0 Å². The molecule has 0 atom stereocenters. The normalized spacial score (nSPS) is 10.4. The number of benzene rings is 2. The van der Waals surface area contributed by atoms with Crippen molar-refractivity contribution in [3.8, 4) is 5.75 Å². The smallest absolute Gasteiger partial charge is 0.343 e. The maximum absolute atomic E-state index is 12.1. The van der Waals surface area contributed by atoms with Gasteiger partial charge in [0.1, 0.15) is 5.75 Å². The molecule has 2 aromatic rings. The summed E-state index contributed by atoms with van der Waals surface area (Å²) < 4.78 is 7.29. The van der Waals surface area contributed by atoms with Crippen LogP contribution in [-0.2, 0) is 6.42 Å². The first-order valence-corrected chi connectivity index (χ1v) is 8.15. The predicted octanol–water partition coefficient (Wildman–Crippen LogP) is 5.14. The van der Waals surface area contributed by atoms with E-state index in [1.807, 2.05) is 37.3 Å². The third-order valence-corrected chi connectivity index (χ3v) is 4.80. The molecular weight excluding hydrogens is 431 g/mol. The lowest BCUT2D eigenvalue weighted by atomic mass is 10.1. The summed E-state index contributed by atoms with van der Waals surface area (Å²) in [6.45, 7) is 4.10. The summed E-state index contributed by atoms with van der Waals surface area (Å²) in [6, 6.07) is 11.3. The van der Waals surface area contributed by atoms with Gasteiger partial charge in [0, 0.05) is 3.57 Å². The average Bonchev–Trinajstić information content (AvgIpc) is 2.43. The van der Waals surface area contributed by atoms with Crippen molar-refractivity contribution in [1.82, 2.24) is 0 Å². The highest BCUT2D eigenvalue weighted by molar-refractivity contribution is 14.1. The van der Waals surface area contributed by atoms with Crippen LogP contribution >= 0.6 is 38.5 Å². The minimum Gasteiger partial charge on any atom is -0.422 e. The van der Waals surface area contributed by atoms with Gasteiger partial charge in [-0.3, -0.25) is 0 Å². The van der Waals surface area contributed by atoms with Gasteiger partial charge in [0.05, 0.1) is 10.0 Å². The number of esters is 1. The Bertz CT molecular complexity index is 653. The fraction of sp³-hybridized carbons (Fsp3) is 0.188. The third kappa shape index (κ3) is 3.61. The molecule has 104 valence electrons. The standard InChI is InChI=1S/C16H14BrIO2/c1-3-11-5-7-15(13(17)8-11)20-16(19)12-6-4-10(2)14(18)9-12/h4-9H,3H2,1-2H3. The second kappa shape index (κ2) is 6.72. The largest absolute Gasteiger partial charge is 0.422 e. The molecule has 0 saturated heterocycles. The van der Waals surface area contributed by atoms with Gasteiger partial charge in [-0.2, -0.15) is 0 Å². The number of hydrogen-bond donors (Lipinski definition) is 0. The molecule has 0 amide bonds. The quantitative estimate of drug-likeness (QED) is 0.372. The van der Waals surface area contributed by atoms with Crippen LogP contribution in [0.25, 0.3) is 0 Å². The molecule has 0 aliphatic carbocycles. The van der Waals surface area contributed by atoms with E-state index in [4.69, 9.17) is 4.74 Å². The summed E-state index contributed by atoms with van der Waals surface area (Å²) in [6.07, 6.45) is 0.947. The number of ether oxygens (including phenoxy) is 1.